The second-order valence-electron chi connectivity index (χ2n) is 6.98. The van der Waals surface area contributed by atoms with E-state index in [1.807, 2.05) is 0 Å². The average molecular weight is 251 g/mol. The molecule has 2 nitrogen and oxygen atoms in total. The van der Waals surface area contributed by atoms with Crippen molar-refractivity contribution in [3.8, 4) is 0 Å². The van der Waals surface area contributed by atoms with Gasteiger partial charge < -0.3 is 10.5 Å². The van der Waals surface area contributed by atoms with Crippen molar-refractivity contribution < 1.29 is 4.74 Å². The highest BCUT2D eigenvalue weighted by molar-refractivity contribution is 4.99. The van der Waals surface area contributed by atoms with Gasteiger partial charge in [0.05, 0.1) is 5.60 Å². The number of ether oxygens (including phenoxy) is 1. The standard InChI is InChI=1S/C16H29NO/c1-2-18-16(7-3-4-8-16)15(17)11-14-10-12-5-6-13(14)9-12/h12-15H,2-11,17H2,1H3. The van der Waals surface area contributed by atoms with Crippen LogP contribution in [0.1, 0.15) is 64.7 Å². The lowest BCUT2D eigenvalue weighted by atomic mass is 9.79. The van der Waals surface area contributed by atoms with Crippen molar-refractivity contribution in [3.05, 3.63) is 0 Å². The van der Waals surface area contributed by atoms with E-state index in [9.17, 15) is 0 Å². The lowest BCUT2D eigenvalue weighted by Gasteiger charge is -2.37. The van der Waals surface area contributed by atoms with Gasteiger partial charge in [0, 0.05) is 12.6 Å². The number of hydrogen-bond acceptors (Lipinski definition) is 2. The van der Waals surface area contributed by atoms with Crippen molar-refractivity contribution in [1.29, 1.82) is 0 Å². The molecular formula is C16H29NO. The number of hydrogen-bond donors (Lipinski definition) is 1. The first-order valence-electron chi connectivity index (χ1n) is 8.13. The summed E-state index contributed by atoms with van der Waals surface area (Å²) >= 11 is 0. The van der Waals surface area contributed by atoms with E-state index in [1.165, 1.54) is 57.8 Å². The summed E-state index contributed by atoms with van der Waals surface area (Å²) in [7, 11) is 0. The van der Waals surface area contributed by atoms with Crippen LogP contribution < -0.4 is 5.73 Å². The Labute approximate surface area is 112 Å². The molecule has 2 N–H and O–H groups in total. The van der Waals surface area contributed by atoms with Gasteiger partial charge in [-0.05, 0) is 63.2 Å². The van der Waals surface area contributed by atoms with E-state index in [-0.39, 0.29) is 11.6 Å². The number of fused-ring (bicyclic) bond motifs is 2. The molecule has 0 spiro atoms. The van der Waals surface area contributed by atoms with Crippen LogP contribution in [-0.2, 0) is 4.74 Å². The first kappa shape index (κ1) is 12.9. The Bertz CT molecular complexity index is 285. The van der Waals surface area contributed by atoms with Crippen molar-refractivity contribution in [1.82, 2.24) is 0 Å². The molecular weight excluding hydrogens is 222 g/mol. The SMILES string of the molecule is CCOC1(C(N)CC2CC3CCC2C3)CCCC1. The summed E-state index contributed by atoms with van der Waals surface area (Å²) in [5.41, 5.74) is 6.62. The molecule has 0 aromatic carbocycles. The second-order valence-corrected chi connectivity index (χ2v) is 6.98. The van der Waals surface area contributed by atoms with Gasteiger partial charge in [-0.1, -0.05) is 19.3 Å². The normalized spacial score (nSPS) is 39.3. The molecule has 3 aliphatic rings. The minimum atomic E-state index is 0.0383. The quantitative estimate of drug-likeness (QED) is 0.812. The van der Waals surface area contributed by atoms with Gasteiger partial charge in [-0.2, -0.15) is 0 Å². The van der Waals surface area contributed by atoms with Crippen molar-refractivity contribution in [2.75, 3.05) is 6.61 Å². The predicted molar refractivity (Wildman–Crippen MR) is 74.4 cm³/mol. The number of nitrogens with two attached hydrogens (primary N) is 1. The molecule has 0 radical (unpaired) electrons. The summed E-state index contributed by atoms with van der Waals surface area (Å²) in [5.74, 6) is 2.96. The van der Waals surface area contributed by atoms with Crippen LogP contribution >= 0.6 is 0 Å². The third-order valence-corrected chi connectivity index (χ3v) is 6.00. The Morgan fingerprint density at radius 2 is 2.00 bits per heavy atom. The van der Waals surface area contributed by atoms with E-state index >= 15 is 0 Å². The van der Waals surface area contributed by atoms with Gasteiger partial charge >= 0.3 is 0 Å². The largest absolute Gasteiger partial charge is 0.374 e. The zero-order valence-corrected chi connectivity index (χ0v) is 11.9. The summed E-state index contributed by atoms with van der Waals surface area (Å²) in [4.78, 5) is 0. The molecule has 0 aliphatic heterocycles. The molecule has 3 saturated carbocycles. The van der Waals surface area contributed by atoms with Gasteiger partial charge in [-0.25, -0.2) is 0 Å². The van der Waals surface area contributed by atoms with Crippen LogP contribution in [0, 0.1) is 17.8 Å². The van der Waals surface area contributed by atoms with E-state index < -0.39 is 0 Å². The van der Waals surface area contributed by atoms with Crippen LogP contribution in [0.25, 0.3) is 0 Å². The summed E-state index contributed by atoms with van der Waals surface area (Å²) in [6, 6.07) is 0.282. The average Bonchev–Trinajstić information content (AvgIpc) is 3.04. The van der Waals surface area contributed by atoms with Crippen LogP contribution in [-0.4, -0.2) is 18.2 Å². The van der Waals surface area contributed by atoms with E-state index in [2.05, 4.69) is 6.92 Å². The fourth-order valence-corrected chi connectivity index (χ4v) is 5.09. The fourth-order valence-electron chi connectivity index (χ4n) is 5.09. The zero-order valence-electron chi connectivity index (χ0n) is 11.9. The number of rotatable bonds is 5. The summed E-state index contributed by atoms with van der Waals surface area (Å²) in [6.45, 7) is 2.94. The summed E-state index contributed by atoms with van der Waals surface area (Å²) < 4.78 is 6.12. The van der Waals surface area contributed by atoms with Gasteiger partial charge in [0.1, 0.15) is 0 Å². The molecule has 0 aromatic heterocycles. The molecule has 18 heavy (non-hydrogen) atoms. The van der Waals surface area contributed by atoms with E-state index in [0.29, 0.717) is 0 Å². The second kappa shape index (κ2) is 5.13. The van der Waals surface area contributed by atoms with E-state index in [0.717, 1.165) is 24.4 Å². The Morgan fingerprint density at radius 1 is 1.22 bits per heavy atom. The van der Waals surface area contributed by atoms with Crippen molar-refractivity contribution in [2.24, 2.45) is 23.5 Å². The topological polar surface area (TPSA) is 35.2 Å². The summed E-state index contributed by atoms with van der Waals surface area (Å²) in [5, 5.41) is 0. The Kier molecular flexibility index (Phi) is 3.68. The molecule has 2 heteroatoms. The Hall–Kier alpha value is -0.0800. The summed E-state index contributed by atoms with van der Waals surface area (Å²) in [6.07, 6.45) is 12.2. The van der Waals surface area contributed by atoms with Gasteiger partial charge in [0.25, 0.3) is 0 Å². The maximum absolute atomic E-state index is 6.59. The van der Waals surface area contributed by atoms with Crippen LogP contribution in [0.4, 0.5) is 0 Å². The zero-order chi connectivity index (χ0) is 12.6. The highest BCUT2D eigenvalue weighted by Crippen LogP contribution is 2.51. The molecule has 3 rings (SSSR count). The smallest absolute Gasteiger partial charge is 0.0832 e. The Morgan fingerprint density at radius 3 is 2.56 bits per heavy atom. The van der Waals surface area contributed by atoms with Crippen LogP contribution in [0.5, 0.6) is 0 Å². The van der Waals surface area contributed by atoms with Crippen molar-refractivity contribution in [2.45, 2.75) is 76.4 Å². The predicted octanol–water partition coefficient (Wildman–Crippen LogP) is 3.49. The lowest BCUT2D eigenvalue weighted by molar-refractivity contribution is -0.0586. The van der Waals surface area contributed by atoms with Crippen molar-refractivity contribution >= 4 is 0 Å². The molecule has 0 saturated heterocycles. The van der Waals surface area contributed by atoms with E-state index in [4.69, 9.17) is 10.5 Å². The monoisotopic (exact) mass is 251 g/mol. The molecule has 4 unspecified atom stereocenters. The molecule has 3 fully saturated rings. The molecule has 104 valence electrons. The molecule has 2 bridgehead atoms. The van der Waals surface area contributed by atoms with Gasteiger partial charge in [0.15, 0.2) is 0 Å². The lowest BCUT2D eigenvalue weighted by Crippen LogP contribution is -2.49. The first-order chi connectivity index (χ1) is 8.73. The van der Waals surface area contributed by atoms with Crippen LogP contribution in [0.15, 0.2) is 0 Å². The van der Waals surface area contributed by atoms with E-state index in [1.54, 1.807) is 0 Å². The highest BCUT2D eigenvalue weighted by atomic mass is 16.5. The fraction of sp³-hybridized carbons (Fsp3) is 1.00. The molecule has 0 aromatic rings. The van der Waals surface area contributed by atoms with Crippen LogP contribution in [0.3, 0.4) is 0 Å². The molecule has 0 amide bonds. The minimum Gasteiger partial charge on any atom is -0.374 e. The molecule has 0 heterocycles. The molecule has 3 aliphatic carbocycles. The van der Waals surface area contributed by atoms with Gasteiger partial charge in [-0.15, -0.1) is 0 Å². The van der Waals surface area contributed by atoms with Gasteiger partial charge in [0.2, 0.25) is 0 Å². The highest BCUT2D eigenvalue weighted by Gasteiger charge is 2.45. The molecule has 4 atom stereocenters. The van der Waals surface area contributed by atoms with Crippen LogP contribution in [0.2, 0.25) is 0 Å². The maximum Gasteiger partial charge on any atom is 0.0832 e. The third kappa shape index (κ3) is 2.22. The maximum atomic E-state index is 6.59. The third-order valence-electron chi connectivity index (χ3n) is 6.00. The van der Waals surface area contributed by atoms with Gasteiger partial charge in [-0.3, -0.25) is 0 Å². The minimum absolute atomic E-state index is 0.0383. The Balaban J connectivity index is 1.61. The first-order valence-corrected chi connectivity index (χ1v) is 8.13. The van der Waals surface area contributed by atoms with Crippen molar-refractivity contribution in [3.63, 3.8) is 0 Å².